The minimum Gasteiger partial charge on any atom is -0.481 e. The second-order valence-corrected chi connectivity index (χ2v) is 14.6. The number of Topliss-reactive ketones (excluding diaryl/α,β-unsaturated/α-hetero) is 1. The monoisotopic (exact) mass is 812 g/mol. The van der Waals surface area contributed by atoms with Crippen molar-refractivity contribution in [1.82, 2.24) is 37.2 Å². The summed E-state index contributed by atoms with van der Waals surface area (Å²) in [6.45, 7) is 1.20. The van der Waals surface area contributed by atoms with Crippen molar-refractivity contribution in [2.45, 2.75) is 127 Å². The van der Waals surface area contributed by atoms with E-state index in [2.05, 4.69) is 37.2 Å². The summed E-state index contributed by atoms with van der Waals surface area (Å²) in [5.74, 6) is -8.93. The van der Waals surface area contributed by atoms with Gasteiger partial charge in [0.05, 0.1) is 19.0 Å². The standard InChI is InChI=1S/C39H56N8O11/c1-2-11-25(34(53)39(58)42-22-31(50)47-33(35(40)54)24-14-7-4-8-15-24)44-36(55)26-16-9-10-19-41-29(48)17-18-30(49)43-28(21-32(51)52)38(57)46-27(37(56)45-26)20-23-12-5-3-6-13-23/h4,7-8,14-15,23,25-28,33H,2-3,5-6,9-13,16-22H2,1H3,(H2,40,54)(H,41,48)(H,42,58)(H,43,49)(H,44,55)(H,45,56)(H,46,57)(H,47,50)(H,51,52)/t25?,26-,27?,28?,33?/m0/s1. The number of hydrogen-bond donors (Lipinski definition) is 9. The Hall–Kier alpha value is -5.88. The average Bonchev–Trinajstić information content (AvgIpc) is 3.19. The van der Waals surface area contributed by atoms with Gasteiger partial charge in [-0.25, -0.2) is 0 Å². The SMILES string of the molecule is CCCC(NC(=O)[C@@H]1CCCCNC(=O)CCC(=O)NC(CC(=O)O)C(=O)NC(CC2CCCCC2)C(=O)N1)C(=O)C(=O)NCC(=O)NC(C(N)=O)c1ccccc1. The van der Waals surface area contributed by atoms with Gasteiger partial charge in [0.2, 0.25) is 47.1 Å². The largest absolute Gasteiger partial charge is 0.481 e. The number of benzene rings is 1. The Morgan fingerprint density at radius 2 is 1.47 bits per heavy atom. The van der Waals surface area contributed by atoms with E-state index in [4.69, 9.17) is 5.73 Å². The highest BCUT2D eigenvalue weighted by molar-refractivity contribution is 6.38. The van der Waals surface area contributed by atoms with E-state index in [1.54, 1.807) is 37.3 Å². The van der Waals surface area contributed by atoms with Gasteiger partial charge in [0, 0.05) is 19.4 Å². The number of aliphatic carboxylic acids is 1. The van der Waals surface area contributed by atoms with Crippen LogP contribution in [0.4, 0.5) is 0 Å². The molecule has 0 aromatic heterocycles. The Balaban J connectivity index is 1.79. The Bertz CT molecular complexity index is 1650. The fourth-order valence-electron chi connectivity index (χ4n) is 6.88. The molecule has 4 unspecified atom stereocenters. The molecule has 3 rings (SSSR count). The minimum absolute atomic E-state index is 0.0195. The van der Waals surface area contributed by atoms with Crippen LogP contribution < -0.4 is 43.0 Å². The molecule has 318 valence electrons. The van der Waals surface area contributed by atoms with Crippen molar-refractivity contribution in [2.24, 2.45) is 11.7 Å². The number of carboxylic acids is 1. The number of ketones is 1. The van der Waals surface area contributed by atoms with Crippen LogP contribution in [0, 0.1) is 5.92 Å². The van der Waals surface area contributed by atoms with Crippen molar-refractivity contribution in [3.8, 4) is 0 Å². The normalized spacial score (nSPS) is 21.3. The highest BCUT2D eigenvalue weighted by atomic mass is 16.4. The summed E-state index contributed by atoms with van der Waals surface area (Å²) in [4.78, 5) is 129. The van der Waals surface area contributed by atoms with Gasteiger partial charge in [-0.2, -0.15) is 0 Å². The Kier molecular flexibility index (Phi) is 19.3. The van der Waals surface area contributed by atoms with E-state index in [9.17, 15) is 53.1 Å². The molecule has 1 saturated heterocycles. The fraction of sp³-hybridized carbons (Fsp3) is 0.590. The molecule has 1 aromatic carbocycles. The zero-order chi connectivity index (χ0) is 42.6. The second kappa shape index (κ2) is 24.0. The molecule has 0 radical (unpaired) electrons. The predicted octanol–water partition coefficient (Wildman–Crippen LogP) is -0.721. The van der Waals surface area contributed by atoms with E-state index < -0.39 is 102 Å². The van der Waals surface area contributed by atoms with Crippen LogP contribution in [0.2, 0.25) is 0 Å². The van der Waals surface area contributed by atoms with Crippen molar-refractivity contribution in [2.75, 3.05) is 13.1 Å². The van der Waals surface area contributed by atoms with Crippen LogP contribution in [-0.4, -0.2) is 101 Å². The predicted molar refractivity (Wildman–Crippen MR) is 207 cm³/mol. The summed E-state index contributed by atoms with van der Waals surface area (Å²) in [5.41, 5.74) is 5.86. The quantitative estimate of drug-likeness (QED) is 0.0996. The lowest BCUT2D eigenvalue weighted by Crippen LogP contribution is -2.58. The van der Waals surface area contributed by atoms with E-state index in [1.165, 1.54) is 0 Å². The average molecular weight is 813 g/mol. The maximum absolute atomic E-state index is 14.0. The second-order valence-electron chi connectivity index (χ2n) is 14.6. The maximum Gasteiger partial charge on any atom is 0.305 e. The van der Waals surface area contributed by atoms with Crippen LogP contribution in [0.1, 0.15) is 108 Å². The molecule has 0 spiro atoms. The van der Waals surface area contributed by atoms with Crippen LogP contribution in [-0.2, 0) is 47.9 Å². The van der Waals surface area contributed by atoms with Crippen molar-refractivity contribution in [3.63, 3.8) is 0 Å². The number of carbonyl (C=O) groups is 10. The number of hydrogen-bond acceptors (Lipinski definition) is 10. The molecule has 2 fully saturated rings. The molecule has 1 aromatic rings. The zero-order valence-corrected chi connectivity index (χ0v) is 32.8. The molecule has 5 atom stereocenters. The first kappa shape index (κ1) is 46.5. The van der Waals surface area contributed by atoms with Gasteiger partial charge >= 0.3 is 5.97 Å². The van der Waals surface area contributed by atoms with Crippen molar-refractivity contribution < 1.29 is 53.1 Å². The van der Waals surface area contributed by atoms with E-state index in [0.29, 0.717) is 24.8 Å². The van der Waals surface area contributed by atoms with E-state index in [-0.39, 0.29) is 44.6 Å². The summed E-state index contributed by atoms with van der Waals surface area (Å²) in [7, 11) is 0. The molecule has 2 aliphatic rings. The molecule has 8 amide bonds. The van der Waals surface area contributed by atoms with Crippen molar-refractivity contribution >= 4 is 59.0 Å². The molecule has 58 heavy (non-hydrogen) atoms. The van der Waals surface area contributed by atoms with E-state index in [0.717, 1.165) is 32.1 Å². The first-order valence-electron chi connectivity index (χ1n) is 19.8. The molecular weight excluding hydrogens is 756 g/mol. The lowest BCUT2D eigenvalue weighted by molar-refractivity contribution is -0.141. The lowest BCUT2D eigenvalue weighted by atomic mass is 9.84. The Labute approximate surface area is 336 Å². The smallest absolute Gasteiger partial charge is 0.305 e. The van der Waals surface area contributed by atoms with Crippen LogP contribution in [0.3, 0.4) is 0 Å². The van der Waals surface area contributed by atoms with Crippen molar-refractivity contribution in [1.29, 1.82) is 0 Å². The maximum atomic E-state index is 14.0. The van der Waals surface area contributed by atoms with Gasteiger partial charge in [0.25, 0.3) is 5.91 Å². The molecule has 10 N–H and O–H groups in total. The van der Waals surface area contributed by atoms with Crippen LogP contribution >= 0.6 is 0 Å². The summed E-state index contributed by atoms with van der Waals surface area (Å²) >= 11 is 0. The van der Waals surface area contributed by atoms with E-state index in [1.807, 2.05) is 0 Å². The summed E-state index contributed by atoms with van der Waals surface area (Å²) < 4.78 is 0. The highest BCUT2D eigenvalue weighted by Gasteiger charge is 2.34. The topological polar surface area (TPSA) is 301 Å². The van der Waals surface area contributed by atoms with Gasteiger partial charge in [0.1, 0.15) is 24.2 Å². The van der Waals surface area contributed by atoms with E-state index >= 15 is 0 Å². The molecule has 1 heterocycles. The number of nitrogens with one attached hydrogen (secondary N) is 7. The summed E-state index contributed by atoms with van der Waals surface area (Å²) in [6, 6.07) is 1.55. The van der Waals surface area contributed by atoms with Crippen LogP contribution in [0.25, 0.3) is 0 Å². The van der Waals surface area contributed by atoms with Crippen LogP contribution in [0.15, 0.2) is 30.3 Å². The number of rotatable bonds is 15. The highest BCUT2D eigenvalue weighted by Crippen LogP contribution is 2.27. The number of amides is 8. The summed E-state index contributed by atoms with van der Waals surface area (Å²) in [5, 5.41) is 26.9. The molecule has 1 aliphatic heterocycles. The molecule has 19 heteroatoms. The van der Waals surface area contributed by atoms with Gasteiger partial charge in [-0.1, -0.05) is 75.8 Å². The van der Waals surface area contributed by atoms with Crippen LogP contribution in [0.5, 0.6) is 0 Å². The lowest BCUT2D eigenvalue weighted by Gasteiger charge is -2.29. The minimum atomic E-state index is -1.56. The Morgan fingerprint density at radius 1 is 0.810 bits per heavy atom. The molecule has 1 saturated carbocycles. The first-order valence-corrected chi connectivity index (χ1v) is 19.8. The number of carboxylic acid groups (broad SMARTS) is 1. The van der Waals surface area contributed by atoms with Crippen molar-refractivity contribution in [3.05, 3.63) is 35.9 Å². The molecule has 19 nitrogen and oxygen atoms in total. The van der Waals surface area contributed by atoms with Gasteiger partial charge in [-0.3, -0.25) is 47.9 Å². The van der Waals surface area contributed by atoms with Gasteiger partial charge in [-0.05, 0) is 43.6 Å². The van der Waals surface area contributed by atoms with Gasteiger partial charge in [-0.15, -0.1) is 0 Å². The number of carbonyl (C=O) groups excluding carboxylic acids is 9. The summed E-state index contributed by atoms with van der Waals surface area (Å²) in [6.07, 6.45) is 4.31. The third-order valence-electron chi connectivity index (χ3n) is 9.98. The molecule has 0 bridgehead atoms. The first-order chi connectivity index (χ1) is 27.7. The third-order valence-corrected chi connectivity index (χ3v) is 9.98. The van der Waals surface area contributed by atoms with Gasteiger partial charge < -0.3 is 48.1 Å². The number of primary amides is 1. The molecular formula is C39H56N8O11. The third kappa shape index (κ3) is 15.9. The van der Waals surface area contributed by atoms with Gasteiger partial charge in [0.15, 0.2) is 0 Å². The number of nitrogens with two attached hydrogens (primary N) is 1. The molecule has 1 aliphatic carbocycles. The zero-order valence-electron chi connectivity index (χ0n) is 32.8. The fourth-order valence-corrected chi connectivity index (χ4v) is 6.88. The Morgan fingerprint density at radius 3 is 2.12 bits per heavy atom.